The van der Waals surface area contributed by atoms with Gasteiger partial charge in [0.25, 0.3) is 0 Å². The van der Waals surface area contributed by atoms with Crippen LogP contribution in [0.25, 0.3) is 120 Å². The van der Waals surface area contributed by atoms with Crippen molar-refractivity contribution in [2.24, 2.45) is 0 Å². The van der Waals surface area contributed by atoms with Gasteiger partial charge >= 0.3 is 0 Å². The van der Waals surface area contributed by atoms with Gasteiger partial charge in [0, 0.05) is 47.8 Å². The van der Waals surface area contributed by atoms with Crippen molar-refractivity contribution in [1.29, 1.82) is 0 Å². The van der Waals surface area contributed by atoms with Crippen LogP contribution in [-0.4, -0.2) is 19.9 Å². The zero-order valence-corrected chi connectivity index (χ0v) is 33.6. The van der Waals surface area contributed by atoms with E-state index < -0.39 is 0 Å². The molecule has 12 rings (SSSR count). The molecule has 0 aliphatic heterocycles. The Balaban J connectivity index is 1.11. The van der Waals surface area contributed by atoms with Crippen molar-refractivity contribution in [3.8, 4) is 67.7 Å². The molecule has 3 heterocycles. The lowest BCUT2D eigenvalue weighted by Crippen LogP contribution is -2.01. The van der Waals surface area contributed by atoms with Gasteiger partial charge < -0.3 is 0 Å². The van der Waals surface area contributed by atoms with Gasteiger partial charge in [0.2, 0.25) is 0 Å². The topological polar surface area (TPSA) is 51.6 Å². The van der Waals surface area contributed by atoms with Gasteiger partial charge in [0.05, 0.1) is 11.2 Å². The lowest BCUT2D eigenvalue weighted by atomic mass is 9.93. The molecule has 0 spiro atoms. The van der Waals surface area contributed by atoms with Crippen LogP contribution in [-0.2, 0) is 0 Å². The summed E-state index contributed by atoms with van der Waals surface area (Å²) in [6, 6.07) is 72.6. The highest BCUT2D eigenvalue weighted by Gasteiger charge is 2.22. The van der Waals surface area contributed by atoms with Gasteiger partial charge in [-0.15, -0.1) is 11.3 Å². The molecule has 0 fully saturated rings. The minimum Gasteiger partial charge on any atom is -0.246 e. The van der Waals surface area contributed by atoms with E-state index in [1.807, 2.05) is 23.5 Å². The normalized spacial score (nSPS) is 11.6. The molecule has 0 atom stereocenters. The first-order valence-corrected chi connectivity index (χ1v) is 21.3. The van der Waals surface area contributed by atoms with Gasteiger partial charge in [0.1, 0.15) is 0 Å². The van der Waals surface area contributed by atoms with E-state index in [0.29, 0.717) is 17.5 Å². The molecule has 0 aliphatic carbocycles. The molecular formula is C56H34N4S. The number of rotatable bonds is 6. The van der Waals surface area contributed by atoms with Crippen molar-refractivity contribution in [2.75, 3.05) is 0 Å². The van der Waals surface area contributed by atoms with Crippen LogP contribution in [0, 0.1) is 0 Å². The number of hydrogen-bond acceptors (Lipinski definition) is 5. The molecule has 3 aromatic heterocycles. The maximum atomic E-state index is 5.73. The van der Waals surface area contributed by atoms with E-state index in [0.717, 1.165) is 61.1 Å². The summed E-state index contributed by atoms with van der Waals surface area (Å²) in [5.41, 5.74) is 10.2. The first kappa shape index (κ1) is 35.1. The van der Waals surface area contributed by atoms with E-state index in [1.165, 1.54) is 41.7 Å². The monoisotopic (exact) mass is 794 g/mol. The average molecular weight is 795 g/mol. The molecule has 0 saturated carbocycles. The molecule has 9 aromatic carbocycles. The summed E-state index contributed by atoms with van der Waals surface area (Å²) in [6.45, 7) is 0. The maximum Gasteiger partial charge on any atom is 0.166 e. The maximum absolute atomic E-state index is 5.73. The summed E-state index contributed by atoms with van der Waals surface area (Å²) in [5, 5.41) is 8.24. The zero-order chi connectivity index (χ0) is 40.3. The molecule has 0 unspecified atom stereocenters. The summed E-state index contributed by atoms with van der Waals surface area (Å²) in [5.74, 6) is 1.78. The third kappa shape index (κ3) is 6.05. The number of benzene rings is 9. The highest BCUT2D eigenvalue weighted by atomic mass is 32.1. The van der Waals surface area contributed by atoms with Crippen LogP contribution in [0.15, 0.2) is 206 Å². The van der Waals surface area contributed by atoms with E-state index in [1.54, 1.807) is 0 Å². The molecule has 0 aliphatic rings. The Bertz CT molecular complexity index is 3520. The molecule has 0 bridgehead atoms. The van der Waals surface area contributed by atoms with Crippen molar-refractivity contribution >= 4 is 64.0 Å². The summed E-state index contributed by atoms with van der Waals surface area (Å²) >= 11 is 1.82. The van der Waals surface area contributed by atoms with Gasteiger partial charge in [-0.25, -0.2) is 19.9 Å². The van der Waals surface area contributed by atoms with Gasteiger partial charge in [-0.3, -0.25) is 0 Å². The Hall–Kier alpha value is -7.86. The summed E-state index contributed by atoms with van der Waals surface area (Å²) in [6.07, 6.45) is 0. The molecule has 61 heavy (non-hydrogen) atoms. The Morgan fingerprint density at radius 2 is 0.803 bits per heavy atom. The molecule has 5 heteroatoms. The van der Waals surface area contributed by atoms with Crippen molar-refractivity contribution in [3.05, 3.63) is 206 Å². The molecular weight excluding hydrogens is 761 g/mol. The standard InChI is InChI=1S/C56H34N4S/c1-3-14-35(15-4-1)37-26-30-39(31-27-37)54-58-55(40-32-28-38(29-33-40)36-16-5-2-6-17-36)60-56(59-54)47-24-13-23-46-51(47)57-52(50-45-22-11-12-25-49(45)61-53(46)50)48-34-41-18-7-8-19-42(41)43-20-9-10-21-44(43)48/h1-34H. The Labute approximate surface area is 356 Å². The SMILES string of the molecule is c1ccc(-c2ccc(-c3nc(-c4ccc(-c5ccccc5)cc4)nc(-c4cccc5c4nc(-c4cc6ccccc6c6ccccc46)c4c6ccccc6sc54)n3)cc2)cc1. The fourth-order valence-electron chi connectivity index (χ4n) is 8.75. The van der Waals surface area contributed by atoms with E-state index in [2.05, 4.69) is 194 Å². The molecule has 4 nitrogen and oxygen atoms in total. The van der Waals surface area contributed by atoms with Crippen LogP contribution < -0.4 is 0 Å². The lowest BCUT2D eigenvalue weighted by molar-refractivity contribution is 1.08. The smallest absolute Gasteiger partial charge is 0.166 e. The van der Waals surface area contributed by atoms with E-state index >= 15 is 0 Å². The number of thiophene rings is 1. The van der Waals surface area contributed by atoms with Crippen molar-refractivity contribution in [1.82, 2.24) is 19.9 Å². The minimum absolute atomic E-state index is 0.576. The number of para-hydroxylation sites is 1. The van der Waals surface area contributed by atoms with E-state index in [-0.39, 0.29) is 0 Å². The number of nitrogens with zero attached hydrogens (tertiary/aromatic N) is 4. The van der Waals surface area contributed by atoms with Crippen molar-refractivity contribution in [2.45, 2.75) is 0 Å². The molecule has 284 valence electrons. The molecule has 0 saturated heterocycles. The Morgan fingerprint density at radius 3 is 1.46 bits per heavy atom. The second kappa shape index (κ2) is 14.5. The Kier molecular flexibility index (Phi) is 8.32. The predicted octanol–water partition coefficient (Wildman–Crippen LogP) is 15.1. The molecule has 12 aromatic rings. The predicted molar refractivity (Wildman–Crippen MR) is 256 cm³/mol. The first-order chi connectivity index (χ1) is 30.2. The highest BCUT2D eigenvalue weighted by molar-refractivity contribution is 7.26. The van der Waals surface area contributed by atoms with Crippen LogP contribution in [0.4, 0.5) is 0 Å². The van der Waals surface area contributed by atoms with Crippen LogP contribution in [0.1, 0.15) is 0 Å². The number of fused-ring (bicyclic) bond motifs is 8. The summed E-state index contributed by atoms with van der Waals surface area (Å²) in [4.78, 5) is 21.4. The summed E-state index contributed by atoms with van der Waals surface area (Å²) < 4.78 is 2.42. The average Bonchev–Trinajstić information content (AvgIpc) is 3.74. The third-order valence-corrected chi connectivity index (χ3v) is 12.9. The number of aromatic nitrogens is 4. The zero-order valence-electron chi connectivity index (χ0n) is 32.8. The third-order valence-electron chi connectivity index (χ3n) is 11.7. The van der Waals surface area contributed by atoms with E-state index in [9.17, 15) is 0 Å². The first-order valence-electron chi connectivity index (χ1n) is 20.5. The van der Waals surface area contributed by atoms with Crippen LogP contribution in [0.2, 0.25) is 0 Å². The van der Waals surface area contributed by atoms with Crippen LogP contribution in [0.5, 0.6) is 0 Å². The van der Waals surface area contributed by atoms with Gasteiger partial charge in [0.15, 0.2) is 17.5 Å². The lowest BCUT2D eigenvalue weighted by Gasteiger charge is -2.15. The Morgan fingerprint density at radius 1 is 0.311 bits per heavy atom. The summed E-state index contributed by atoms with van der Waals surface area (Å²) in [7, 11) is 0. The largest absolute Gasteiger partial charge is 0.246 e. The number of pyridine rings is 1. The minimum atomic E-state index is 0.576. The fourth-order valence-corrected chi connectivity index (χ4v) is 9.98. The second-order valence-corrected chi connectivity index (χ2v) is 16.4. The van der Waals surface area contributed by atoms with Gasteiger partial charge in [-0.2, -0.15) is 0 Å². The van der Waals surface area contributed by atoms with Crippen LogP contribution in [0.3, 0.4) is 0 Å². The number of hydrogen-bond donors (Lipinski definition) is 0. The second-order valence-electron chi connectivity index (χ2n) is 15.3. The quantitative estimate of drug-likeness (QED) is 0.157. The van der Waals surface area contributed by atoms with Gasteiger partial charge in [-0.1, -0.05) is 188 Å². The molecule has 0 N–H and O–H groups in total. The molecule has 0 radical (unpaired) electrons. The molecule has 0 amide bonds. The van der Waals surface area contributed by atoms with E-state index in [4.69, 9.17) is 19.9 Å². The van der Waals surface area contributed by atoms with Crippen molar-refractivity contribution < 1.29 is 0 Å². The van der Waals surface area contributed by atoms with Crippen LogP contribution >= 0.6 is 11.3 Å². The fraction of sp³-hybridized carbons (Fsp3) is 0. The highest BCUT2D eigenvalue weighted by Crippen LogP contribution is 2.46. The van der Waals surface area contributed by atoms with Crippen molar-refractivity contribution in [3.63, 3.8) is 0 Å². The van der Waals surface area contributed by atoms with Gasteiger partial charge in [-0.05, 0) is 62.0 Å².